The summed E-state index contributed by atoms with van der Waals surface area (Å²) < 4.78 is 14.1. The second-order valence-electron chi connectivity index (χ2n) is 5.82. The van der Waals surface area contributed by atoms with E-state index in [1.807, 2.05) is 97.1 Å². The summed E-state index contributed by atoms with van der Waals surface area (Å²) in [6, 6.07) is 27.9. The van der Waals surface area contributed by atoms with Crippen LogP contribution in [0.15, 0.2) is 96.3 Å². The van der Waals surface area contributed by atoms with Gasteiger partial charge in [-0.15, -0.1) is 0 Å². The van der Waals surface area contributed by atoms with E-state index in [0.29, 0.717) is 0 Å². The zero-order valence-electron chi connectivity index (χ0n) is 13.2. The topological polar surface area (TPSA) is 17.1 Å². The molecule has 1 heterocycles. The van der Waals surface area contributed by atoms with Gasteiger partial charge in [0.1, 0.15) is 0 Å². The first-order valence-corrected chi connectivity index (χ1v) is 9.70. The molecule has 0 N–H and O–H groups in total. The van der Waals surface area contributed by atoms with E-state index in [9.17, 15) is 4.57 Å². The van der Waals surface area contributed by atoms with Crippen LogP contribution in [0.5, 0.6) is 0 Å². The molecule has 3 aromatic carbocycles. The lowest BCUT2D eigenvalue weighted by Crippen LogP contribution is -2.15. The summed E-state index contributed by atoms with van der Waals surface area (Å²) in [7, 11) is -2.79. The van der Waals surface area contributed by atoms with Crippen molar-refractivity contribution in [3.05, 3.63) is 107 Å². The van der Waals surface area contributed by atoms with E-state index in [1.54, 1.807) is 0 Å². The monoisotopic (exact) mass is 328 g/mol. The smallest absolute Gasteiger partial charge is 0.171 e. The predicted octanol–water partition coefficient (Wildman–Crippen LogP) is 5.07. The standard InChI is InChI=1S/C22H17OP/c23-24(20-12-5-2-6-13-20)21(16-15-18-9-3-1-4-10-18)17-19-11-7-8-14-22(19)24/h1-17H/b16-15+/t24-/m1/s1. The van der Waals surface area contributed by atoms with Gasteiger partial charge >= 0.3 is 0 Å². The van der Waals surface area contributed by atoms with Crippen LogP contribution in [0.4, 0.5) is 0 Å². The Morgan fingerprint density at radius 1 is 0.667 bits per heavy atom. The van der Waals surface area contributed by atoms with E-state index in [1.165, 1.54) is 0 Å². The molecule has 2 heteroatoms. The molecule has 0 aliphatic carbocycles. The van der Waals surface area contributed by atoms with Crippen molar-refractivity contribution in [3.63, 3.8) is 0 Å². The van der Waals surface area contributed by atoms with Crippen molar-refractivity contribution in [3.8, 4) is 0 Å². The summed E-state index contributed by atoms with van der Waals surface area (Å²) in [5.41, 5.74) is 2.16. The molecule has 116 valence electrons. The van der Waals surface area contributed by atoms with E-state index in [4.69, 9.17) is 0 Å². The van der Waals surface area contributed by atoms with Gasteiger partial charge in [0.2, 0.25) is 0 Å². The fourth-order valence-corrected chi connectivity index (χ4v) is 5.96. The van der Waals surface area contributed by atoms with Crippen molar-refractivity contribution in [1.29, 1.82) is 0 Å². The highest BCUT2D eigenvalue weighted by atomic mass is 31.2. The third-order valence-corrected chi connectivity index (χ3v) is 7.43. The molecule has 4 rings (SSSR count). The first-order valence-electron chi connectivity index (χ1n) is 7.99. The fourth-order valence-electron chi connectivity index (χ4n) is 3.11. The Bertz CT molecular complexity index is 969. The predicted molar refractivity (Wildman–Crippen MR) is 103 cm³/mol. The first kappa shape index (κ1) is 14.9. The van der Waals surface area contributed by atoms with Crippen LogP contribution in [0.25, 0.3) is 12.2 Å². The minimum absolute atomic E-state index is 0.888. The largest absolute Gasteiger partial charge is 0.309 e. The summed E-state index contributed by atoms with van der Waals surface area (Å²) in [6.07, 6.45) is 6.10. The molecular formula is C22H17OP. The van der Waals surface area contributed by atoms with Gasteiger partial charge in [-0.1, -0.05) is 97.1 Å². The van der Waals surface area contributed by atoms with Crippen molar-refractivity contribution >= 4 is 29.9 Å². The average Bonchev–Trinajstić information content (AvgIpc) is 2.95. The molecule has 0 aromatic heterocycles. The van der Waals surface area contributed by atoms with Crippen molar-refractivity contribution in [2.24, 2.45) is 0 Å². The molecule has 0 fully saturated rings. The van der Waals surface area contributed by atoms with Gasteiger partial charge < -0.3 is 4.57 Å². The second-order valence-corrected chi connectivity index (χ2v) is 8.55. The van der Waals surface area contributed by atoms with Gasteiger partial charge in [-0.2, -0.15) is 0 Å². The quantitative estimate of drug-likeness (QED) is 0.614. The highest BCUT2D eigenvalue weighted by molar-refractivity contribution is 7.83. The SMILES string of the molecule is O=[P@]1(c2ccccc2)C(/C=C/c2ccccc2)=Cc2ccccc21. The summed E-state index contributed by atoms with van der Waals surface area (Å²) in [5, 5.41) is 2.71. The second kappa shape index (κ2) is 6.11. The maximum atomic E-state index is 14.1. The lowest BCUT2D eigenvalue weighted by molar-refractivity contribution is 0.591. The molecule has 0 unspecified atom stereocenters. The van der Waals surface area contributed by atoms with E-state index in [0.717, 1.165) is 27.1 Å². The van der Waals surface area contributed by atoms with Gasteiger partial charge in [0.05, 0.1) is 0 Å². The van der Waals surface area contributed by atoms with Gasteiger partial charge in [-0.05, 0) is 17.2 Å². The average molecular weight is 328 g/mol. The summed E-state index contributed by atoms with van der Waals surface area (Å²) in [5.74, 6) is 0. The molecule has 3 aromatic rings. The molecule has 0 radical (unpaired) electrons. The lowest BCUT2D eigenvalue weighted by Gasteiger charge is -2.16. The summed E-state index contributed by atoms with van der Waals surface area (Å²) in [4.78, 5) is 0. The van der Waals surface area contributed by atoms with Gasteiger partial charge in [-0.3, -0.25) is 0 Å². The molecule has 1 aliphatic heterocycles. The van der Waals surface area contributed by atoms with Crippen LogP contribution in [0.3, 0.4) is 0 Å². The Hall–Kier alpha value is -2.63. The van der Waals surface area contributed by atoms with Crippen LogP contribution in [0, 0.1) is 0 Å². The highest BCUT2D eigenvalue weighted by Gasteiger charge is 2.36. The Labute approximate surface area is 142 Å². The van der Waals surface area contributed by atoms with Crippen molar-refractivity contribution in [2.75, 3.05) is 0 Å². The highest BCUT2D eigenvalue weighted by Crippen LogP contribution is 2.57. The number of benzene rings is 3. The molecular weight excluding hydrogens is 311 g/mol. The third kappa shape index (κ3) is 2.48. The van der Waals surface area contributed by atoms with Crippen LogP contribution in [-0.4, -0.2) is 0 Å². The van der Waals surface area contributed by atoms with E-state index < -0.39 is 7.14 Å². The number of hydrogen-bond donors (Lipinski definition) is 0. The zero-order chi connectivity index (χ0) is 16.4. The Kier molecular flexibility index (Phi) is 3.80. The fraction of sp³-hybridized carbons (Fsp3) is 0. The normalized spacial score (nSPS) is 19.2. The molecule has 0 amide bonds. The Balaban J connectivity index is 1.84. The van der Waals surface area contributed by atoms with Gasteiger partial charge in [0.15, 0.2) is 7.14 Å². The molecule has 0 saturated heterocycles. The minimum Gasteiger partial charge on any atom is -0.309 e. The molecule has 0 spiro atoms. The number of allylic oxidation sites excluding steroid dienone is 2. The third-order valence-electron chi connectivity index (χ3n) is 4.31. The summed E-state index contributed by atoms with van der Waals surface area (Å²) in [6.45, 7) is 0. The lowest BCUT2D eigenvalue weighted by atomic mass is 10.2. The van der Waals surface area contributed by atoms with Crippen molar-refractivity contribution < 1.29 is 4.57 Å². The molecule has 1 nitrogen and oxygen atoms in total. The summed E-state index contributed by atoms with van der Waals surface area (Å²) >= 11 is 0. The van der Waals surface area contributed by atoms with Crippen LogP contribution >= 0.6 is 7.14 Å². The number of fused-ring (bicyclic) bond motifs is 1. The molecule has 24 heavy (non-hydrogen) atoms. The van der Waals surface area contributed by atoms with Crippen LogP contribution in [0.2, 0.25) is 0 Å². The zero-order valence-corrected chi connectivity index (χ0v) is 14.1. The van der Waals surface area contributed by atoms with Gasteiger partial charge in [-0.25, -0.2) is 0 Å². The van der Waals surface area contributed by atoms with Crippen molar-refractivity contribution in [2.45, 2.75) is 0 Å². The first-order chi connectivity index (χ1) is 11.8. The maximum Gasteiger partial charge on any atom is 0.171 e. The minimum atomic E-state index is -2.79. The Morgan fingerprint density at radius 2 is 1.29 bits per heavy atom. The maximum absolute atomic E-state index is 14.1. The van der Waals surface area contributed by atoms with Crippen LogP contribution in [0.1, 0.15) is 11.1 Å². The van der Waals surface area contributed by atoms with E-state index in [-0.39, 0.29) is 0 Å². The molecule has 1 aliphatic rings. The van der Waals surface area contributed by atoms with Crippen LogP contribution < -0.4 is 10.6 Å². The molecule has 1 atom stereocenters. The van der Waals surface area contributed by atoms with Crippen LogP contribution in [-0.2, 0) is 4.57 Å². The number of rotatable bonds is 3. The van der Waals surface area contributed by atoms with Gasteiger partial charge in [0, 0.05) is 15.9 Å². The van der Waals surface area contributed by atoms with E-state index in [2.05, 4.69) is 6.08 Å². The number of hydrogen-bond acceptors (Lipinski definition) is 1. The van der Waals surface area contributed by atoms with Gasteiger partial charge in [0.25, 0.3) is 0 Å². The Morgan fingerprint density at radius 3 is 2.04 bits per heavy atom. The van der Waals surface area contributed by atoms with E-state index >= 15 is 0 Å². The van der Waals surface area contributed by atoms with Crippen molar-refractivity contribution in [1.82, 2.24) is 0 Å². The molecule has 0 saturated carbocycles. The molecule has 0 bridgehead atoms.